The van der Waals surface area contributed by atoms with E-state index in [1.165, 1.54) is 7.11 Å². The summed E-state index contributed by atoms with van der Waals surface area (Å²) in [6.45, 7) is 3.48. The van der Waals surface area contributed by atoms with Crippen molar-refractivity contribution >= 4 is 34.2 Å². The first-order valence-electron chi connectivity index (χ1n) is 8.89. The molecule has 1 amide bonds. The standard InChI is InChI=1S/C21H20N2O5S/c1-4-28-20(25)16-13(2)17(21(26)27-3)29-19(16)22-18(24)14-7-9-15(10-8-14)23-11-5-6-12-23/h5-12H,4H2,1-3H3,(H,22,24). The molecular formula is C21H20N2O5S. The number of benzene rings is 1. The molecule has 1 N–H and O–H groups in total. The predicted molar refractivity (Wildman–Crippen MR) is 110 cm³/mol. The van der Waals surface area contributed by atoms with E-state index in [4.69, 9.17) is 9.47 Å². The molecule has 2 aromatic heterocycles. The number of methoxy groups -OCH3 is 1. The number of nitrogens with one attached hydrogen (secondary N) is 1. The molecule has 2 heterocycles. The Bertz CT molecular complexity index is 1040. The zero-order valence-corrected chi connectivity index (χ0v) is 17.0. The van der Waals surface area contributed by atoms with Gasteiger partial charge in [-0.15, -0.1) is 11.3 Å². The second kappa shape index (κ2) is 8.74. The van der Waals surface area contributed by atoms with Crippen molar-refractivity contribution in [2.75, 3.05) is 19.0 Å². The van der Waals surface area contributed by atoms with Crippen LogP contribution in [0.4, 0.5) is 5.00 Å². The largest absolute Gasteiger partial charge is 0.465 e. The van der Waals surface area contributed by atoms with Crippen LogP contribution in [-0.2, 0) is 9.47 Å². The third-order valence-electron chi connectivity index (χ3n) is 4.26. The van der Waals surface area contributed by atoms with Gasteiger partial charge in [0.05, 0.1) is 19.3 Å². The normalized spacial score (nSPS) is 10.4. The van der Waals surface area contributed by atoms with Gasteiger partial charge in [-0.25, -0.2) is 9.59 Å². The maximum Gasteiger partial charge on any atom is 0.348 e. The van der Waals surface area contributed by atoms with Gasteiger partial charge < -0.3 is 19.4 Å². The summed E-state index contributed by atoms with van der Waals surface area (Å²) >= 11 is 0.986. The third-order valence-corrected chi connectivity index (χ3v) is 5.44. The summed E-state index contributed by atoms with van der Waals surface area (Å²) in [4.78, 5) is 37.4. The Labute approximate surface area is 171 Å². The summed E-state index contributed by atoms with van der Waals surface area (Å²) in [5.41, 5.74) is 1.91. The Morgan fingerprint density at radius 1 is 1.07 bits per heavy atom. The van der Waals surface area contributed by atoms with E-state index in [2.05, 4.69) is 5.32 Å². The molecule has 0 aliphatic rings. The Morgan fingerprint density at radius 3 is 2.31 bits per heavy atom. The average molecular weight is 412 g/mol. The van der Waals surface area contributed by atoms with Gasteiger partial charge in [0.15, 0.2) is 0 Å². The summed E-state index contributed by atoms with van der Waals surface area (Å²) < 4.78 is 11.8. The van der Waals surface area contributed by atoms with Crippen LogP contribution in [0.15, 0.2) is 48.8 Å². The zero-order valence-electron chi connectivity index (χ0n) is 16.2. The second-order valence-corrected chi connectivity index (χ2v) is 7.08. The van der Waals surface area contributed by atoms with Gasteiger partial charge in [-0.2, -0.15) is 0 Å². The summed E-state index contributed by atoms with van der Waals surface area (Å²) in [7, 11) is 1.26. The van der Waals surface area contributed by atoms with Gasteiger partial charge in [0.2, 0.25) is 0 Å². The number of carbonyl (C=O) groups excluding carboxylic acids is 3. The monoisotopic (exact) mass is 412 g/mol. The lowest BCUT2D eigenvalue weighted by atomic mass is 10.1. The lowest BCUT2D eigenvalue weighted by Gasteiger charge is -2.08. The predicted octanol–water partition coefficient (Wildman–Crippen LogP) is 4.06. The van der Waals surface area contributed by atoms with Crippen molar-refractivity contribution in [3.8, 4) is 5.69 Å². The van der Waals surface area contributed by atoms with Crippen molar-refractivity contribution < 1.29 is 23.9 Å². The lowest BCUT2D eigenvalue weighted by Crippen LogP contribution is -2.15. The average Bonchev–Trinajstić information content (AvgIpc) is 3.36. The molecule has 0 saturated heterocycles. The van der Waals surface area contributed by atoms with E-state index < -0.39 is 17.8 Å². The molecule has 0 bridgehead atoms. The van der Waals surface area contributed by atoms with Crippen LogP contribution in [0.1, 0.15) is 42.9 Å². The molecule has 0 saturated carbocycles. The van der Waals surface area contributed by atoms with Crippen LogP contribution in [0.2, 0.25) is 0 Å². The van der Waals surface area contributed by atoms with Gasteiger partial charge in [0, 0.05) is 23.6 Å². The number of esters is 2. The molecule has 1 aromatic carbocycles. The van der Waals surface area contributed by atoms with E-state index in [-0.39, 0.29) is 22.0 Å². The number of ether oxygens (including phenoxy) is 2. The van der Waals surface area contributed by atoms with E-state index >= 15 is 0 Å². The van der Waals surface area contributed by atoms with Crippen molar-refractivity contribution in [2.24, 2.45) is 0 Å². The first-order valence-corrected chi connectivity index (χ1v) is 9.71. The molecule has 29 heavy (non-hydrogen) atoms. The highest BCUT2D eigenvalue weighted by molar-refractivity contribution is 7.18. The fourth-order valence-corrected chi connectivity index (χ4v) is 3.91. The maximum atomic E-state index is 12.7. The van der Waals surface area contributed by atoms with E-state index in [9.17, 15) is 14.4 Å². The lowest BCUT2D eigenvalue weighted by molar-refractivity contribution is 0.0527. The second-order valence-electron chi connectivity index (χ2n) is 6.06. The first-order chi connectivity index (χ1) is 14.0. The van der Waals surface area contributed by atoms with Crippen LogP contribution in [0.5, 0.6) is 0 Å². The number of nitrogens with zero attached hydrogens (tertiary/aromatic N) is 1. The Balaban J connectivity index is 1.89. The number of carbonyl (C=O) groups is 3. The smallest absolute Gasteiger partial charge is 0.348 e. The van der Waals surface area contributed by atoms with Gasteiger partial charge in [0.25, 0.3) is 5.91 Å². The number of rotatable bonds is 6. The highest BCUT2D eigenvalue weighted by atomic mass is 32.1. The van der Waals surface area contributed by atoms with E-state index in [0.717, 1.165) is 17.0 Å². The Kier molecular flexibility index (Phi) is 6.13. The van der Waals surface area contributed by atoms with E-state index in [1.54, 1.807) is 26.0 Å². The molecule has 3 aromatic rings. The van der Waals surface area contributed by atoms with Gasteiger partial charge in [-0.3, -0.25) is 4.79 Å². The van der Waals surface area contributed by atoms with Crippen LogP contribution < -0.4 is 5.32 Å². The number of anilines is 1. The molecule has 7 nitrogen and oxygen atoms in total. The molecule has 0 radical (unpaired) electrons. The fraction of sp³-hybridized carbons (Fsp3) is 0.190. The van der Waals surface area contributed by atoms with Crippen molar-refractivity contribution in [3.63, 3.8) is 0 Å². The molecule has 0 atom stereocenters. The van der Waals surface area contributed by atoms with Crippen LogP contribution in [0.25, 0.3) is 5.69 Å². The van der Waals surface area contributed by atoms with E-state index in [1.807, 2.05) is 41.2 Å². The van der Waals surface area contributed by atoms with Crippen molar-refractivity contribution in [1.29, 1.82) is 0 Å². The molecule has 0 unspecified atom stereocenters. The summed E-state index contributed by atoms with van der Waals surface area (Å²) in [5, 5.41) is 2.98. The molecule has 8 heteroatoms. The highest BCUT2D eigenvalue weighted by Gasteiger charge is 2.27. The topological polar surface area (TPSA) is 86.6 Å². The molecule has 0 aliphatic carbocycles. The number of amides is 1. The SMILES string of the molecule is CCOC(=O)c1c(NC(=O)c2ccc(-n3cccc3)cc2)sc(C(=O)OC)c1C. The minimum Gasteiger partial charge on any atom is -0.465 e. The van der Waals surface area contributed by atoms with Crippen molar-refractivity contribution in [2.45, 2.75) is 13.8 Å². The van der Waals surface area contributed by atoms with Crippen molar-refractivity contribution in [1.82, 2.24) is 4.57 Å². The minimum atomic E-state index is -0.602. The summed E-state index contributed by atoms with van der Waals surface area (Å²) in [5.74, 6) is -1.57. The highest BCUT2D eigenvalue weighted by Crippen LogP contribution is 2.34. The first kappa shape index (κ1) is 20.3. The molecule has 0 spiro atoms. The number of hydrogen-bond acceptors (Lipinski definition) is 6. The van der Waals surface area contributed by atoms with Crippen LogP contribution >= 0.6 is 11.3 Å². The summed E-state index contributed by atoms with van der Waals surface area (Å²) in [6.07, 6.45) is 3.81. The quantitative estimate of drug-likeness (QED) is 0.617. The number of hydrogen-bond donors (Lipinski definition) is 1. The number of aromatic nitrogens is 1. The third kappa shape index (κ3) is 4.22. The van der Waals surface area contributed by atoms with Crippen LogP contribution in [-0.4, -0.2) is 36.1 Å². The Morgan fingerprint density at radius 2 is 1.72 bits per heavy atom. The Hall–Kier alpha value is -3.39. The minimum absolute atomic E-state index is 0.162. The number of thiophene rings is 1. The van der Waals surface area contributed by atoms with Crippen LogP contribution in [0, 0.1) is 6.92 Å². The van der Waals surface area contributed by atoms with E-state index in [0.29, 0.717) is 11.1 Å². The molecular weight excluding hydrogens is 392 g/mol. The molecule has 0 fully saturated rings. The molecule has 150 valence electrons. The van der Waals surface area contributed by atoms with Gasteiger partial charge in [-0.05, 0) is 55.8 Å². The zero-order chi connectivity index (χ0) is 21.0. The van der Waals surface area contributed by atoms with Gasteiger partial charge in [-0.1, -0.05) is 0 Å². The molecule has 0 aliphatic heterocycles. The van der Waals surface area contributed by atoms with Gasteiger partial charge >= 0.3 is 11.9 Å². The fourth-order valence-electron chi connectivity index (χ4n) is 2.80. The summed E-state index contributed by atoms with van der Waals surface area (Å²) in [6, 6.07) is 10.8. The molecule has 3 rings (SSSR count). The van der Waals surface area contributed by atoms with Crippen molar-refractivity contribution in [3.05, 3.63) is 70.4 Å². The van der Waals surface area contributed by atoms with Gasteiger partial charge in [0.1, 0.15) is 9.88 Å². The van der Waals surface area contributed by atoms with Crippen LogP contribution in [0.3, 0.4) is 0 Å². The maximum absolute atomic E-state index is 12.7.